The van der Waals surface area contributed by atoms with Gasteiger partial charge in [0.15, 0.2) is 0 Å². The number of aliphatic hydroxyl groups excluding tert-OH is 1. The zero-order chi connectivity index (χ0) is 8.32. The molecule has 0 aromatic rings. The molecule has 0 spiro atoms. The van der Waals surface area contributed by atoms with Gasteiger partial charge in [-0.05, 0) is 31.1 Å². The fourth-order valence-corrected chi connectivity index (χ4v) is 1.81. The molecule has 1 heteroatoms. The summed E-state index contributed by atoms with van der Waals surface area (Å²) in [5.74, 6) is 0. The van der Waals surface area contributed by atoms with E-state index in [1.165, 1.54) is 19.3 Å². The number of aliphatic hydroxyl groups is 1. The van der Waals surface area contributed by atoms with Gasteiger partial charge >= 0.3 is 0 Å². The molecular formula is C10H20O. The van der Waals surface area contributed by atoms with Crippen LogP contribution in [0.5, 0.6) is 0 Å². The Morgan fingerprint density at radius 3 is 2.36 bits per heavy atom. The van der Waals surface area contributed by atoms with Crippen molar-refractivity contribution in [2.45, 2.75) is 58.5 Å². The maximum atomic E-state index is 9.56. The summed E-state index contributed by atoms with van der Waals surface area (Å²) >= 11 is 0. The lowest BCUT2D eigenvalue weighted by molar-refractivity contribution is 0.125. The second-order valence-corrected chi connectivity index (χ2v) is 4.00. The maximum absolute atomic E-state index is 9.56. The zero-order valence-electron chi connectivity index (χ0n) is 7.77. The monoisotopic (exact) mass is 156 g/mol. The van der Waals surface area contributed by atoms with Crippen molar-refractivity contribution in [2.75, 3.05) is 0 Å². The first kappa shape index (κ1) is 9.05. The van der Waals surface area contributed by atoms with E-state index in [1.54, 1.807) is 0 Å². The Morgan fingerprint density at radius 1 is 1.36 bits per heavy atom. The van der Waals surface area contributed by atoms with Crippen molar-refractivity contribution in [3.8, 4) is 0 Å². The molecule has 1 saturated carbocycles. The second kappa shape index (κ2) is 3.57. The van der Waals surface area contributed by atoms with Crippen molar-refractivity contribution in [1.82, 2.24) is 0 Å². The van der Waals surface area contributed by atoms with Gasteiger partial charge in [-0.3, -0.25) is 0 Å². The van der Waals surface area contributed by atoms with Crippen molar-refractivity contribution < 1.29 is 5.11 Å². The average Bonchev–Trinajstić information content (AvgIpc) is 2.70. The third-order valence-electron chi connectivity index (χ3n) is 3.00. The Labute approximate surface area is 69.8 Å². The Hall–Kier alpha value is -0.0400. The molecule has 1 nitrogen and oxygen atoms in total. The van der Waals surface area contributed by atoms with Crippen LogP contribution in [0.25, 0.3) is 0 Å². The van der Waals surface area contributed by atoms with Crippen molar-refractivity contribution in [3.63, 3.8) is 0 Å². The third kappa shape index (κ3) is 2.48. The highest BCUT2D eigenvalue weighted by Gasteiger charge is 2.41. The standard InChI is InChI=1S/C10H20O/c1-3-5-9(11)8-10(4-2)6-7-10/h9,11H,3-8H2,1-2H3/t9-/m0/s1. The molecule has 0 bridgehead atoms. The van der Waals surface area contributed by atoms with Gasteiger partial charge in [0.25, 0.3) is 0 Å². The maximum Gasteiger partial charge on any atom is 0.0545 e. The van der Waals surface area contributed by atoms with Gasteiger partial charge in [-0.1, -0.05) is 26.7 Å². The van der Waals surface area contributed by atoms with E-state index in [9.17, 15) is 5.11 Å². The summed E-state index contributed by atoms with van der Waals surface area (Å²) in [5.41, 5.74) is 0.564. The number of hydrogen-bond donors (Lipinski definition) is 1. The molecule has 1 N–H and O–H groups in total. The SMILES string of the molecule is CCC[C@H](O)CC1(CC)CC1. The van der Waals surface area contributed by atoms with Gasteiger partial charge in [0.2, 0.25) is 0 Å². The topological polar surface area (TPSA) is 20.2 Å². The van der Waals surface area contributed by atoms with Gasteiger partial charge in [-0.2, -0.15) is 0 Å². The van der Waals surface area contributed by atoms with Crippen LogP contribution in [0.3, 0.4) is 0 Å². The molecule has 1 fully saturated rings. The van der Waals surface area contributed by atoms with Gasteiger partial charge in [0.1, 0.15) is 0 Å². The fourth-order valence-electron chi connectivity index (χ4n) is 1.81. The molecule has 1 aliphatic carbocycles. The van der Waals surface area contributed by atoms with E-state index in [2.05, 4.69) is 13.8 Å². The zero-order valence-corrected chi connectivity index (χ0v) is 7.77. The lowest BCUT2D eigenvalue weighted by atomic mass is 9.94. The van der Waals surface area contributed by atoms with E-state index in [4.69, 9.17) is 0 Å². The molecule has 66 valence electrons. The van der Waals surface area contributed by atoms with Gasteiger partial charge in [-0.25, -0.2) is 0 Å². The molecule has 0 aromatic carbocycles. The van der Waals surface area contributed by atoms with Gasteiger partial charge < -0.3 is 5.11 Å². The molecular weight excluding hydrogens is 136 g/mol. The average molecular weight is 156 g/mol. The Morgan fingerprint density at radius 2 is 2.00 bits per heavy atom. The molecule has 0 amide bonds. The van der Waals surface area contributed by atoms with E-state index in [1.807, 2.05) is 0 Å². The molecule has 1 atom stereocenters. The smallest absolute Gasteiger partial charge is 0.0545 e. The first-order chi connectivity index (χ1) is 5.22. The molecule has 0 heterocycles. The van der Waals surface area contributed by atoms with E-state index >= 15 is 0 Å². The number of rotatable bonds is 5. The predicted octanol–water partition coefficient (Wildman–Crippen LogP) is 2.73. The van der Waals surface area contributed by atoms with Crippen LogP contribution in [0.15, 0.2) is 0 Å². The van der Waals surface area contributed by atoms with E-state index < -0.39 is 0 Å². The minimum Gasteiger partial charge on any atom is -0.393 e. The summed E-state index contributed by atoms with van der Waals surface area (Å²) in [4.78, 5) is 0. The normalized spacial score (nSPS) is 23.2. The molecule has 0 radical (unpaired) electrons. The van der Waals surface area contributed by atoms with Crippen molar-refractivity contribution in [3.05, 3.63) is 0 Å². The first-order valence-electron chi connectivity index (χ1n) is 4.90. The highest BCUT2D eigenvalue weighted by molar-refractivity contribution is 4.93. The molecule has 0 aliphatic heterocycles. The highest BCUT2D eigenvalue weighted by atomic mass is 16.3. The van der Waals surface area contributed by atoms with Gasteiger partial charge in [0, 0.05) is 0 Å². The lowest BCUT2D eigenvalue weighted by Gasteiger charge is -2.16. The van der Waals surface area contributed by atoms with Crippen LogP contribution in [0.4, 0.5) is 0 Å². The molecule has 1 rings (SSSR count). The lowest BCUT2D eigenvalue weighted by Crippen LogP contribution is -2.13. The molecule has 1 aliphatic rings. The summed E-state index contributed by atoms with van der Waals surface area (Å²) < 4.78 is 0. The first-order valence-corrected chi connectivity index (χ1v) is 4.90. The van der Waals surface area contributed by atoms with Crippen LogP contribution >= 0.6 is 0 Å². The van der Waals surface area contributed by atoms with Crippen LogP contribution in [-0.2, 0) is 0 Å². The van der Waals surface area contributed by atoms with Crippen LogP contribution < -0.4 is 0 Å². The quantitative estimate of drug-likeness (QED) is 0.649. The summed E-state index contributed by atoms with van der Waals surface area (Å²) in [6.45, 7) is 4.38. The second-order valence-electron chi connectivity index (χ2n) is 4.00. The van der Waals surface area contributed by atoms with Gasteiger partial charge in [0.05, 0.1) is 6.10 Å². The van der Waals surface area contributed by atoms with Crippen LogP contribution in [0.1, 0.15) is 52.4 Å². The van der Waals surface area contributed by atoms with E-state index in [0.717, 1.165) is 19.3 Å². The Balaban J connectivity index is 2.18. The predicted molar refractivity (Wildman–Crippen MR) is 47.5 cm³/mol. The molecule has 0 aromatic heterocycles. The third-order valence-corrected chi connectivity index (χ3v) is 3.00. The van der Waals surface area contributed by atoms with Crippen molar-refractivity contribution in [1.29, 1.82) is 0 Å². The molecule has 0 saturated heterocycles. The van der Waals surface area contributed by atoms with Crippen LogP contribution in [0, 0.1) is 5.41 Å². The van der Waals surface area contributed by atoms with Crippen molar-refractivity contribution >= 4 is 0 Å². The molecule has 0 unspecified atom stereocenters. The minimum absolute atomic E-state index is 0.0255. The molecule has 11 heavy (non-hydrogen) atoms. The highest BCUT2D eigenvalue weighted by Crippen LogP contribution is 2.52. The minimum atomic E-state index is -0.0255. The van der Waals surface area contributed by atoms with Crippen LogP contribution in [0.2, 0.25) is 0 Å². The summed E-state index contributed by atoms with van der Waals surface area (Å²) in [6, 6.07) is 0. The van der Waals surface area contributed by atoms with Crippen molar-refractivity contribution in [2.24, 2.45) is 5.41 Å². The van der Waals surface area contributed by atoms with Gasteiger partial charge in [-0.15, -0.1) is 0 Å². The van der Waals surface area contributed by atoms with E-state index in [0.29, 0.717) is 5.41 Å². The Kier molecular flexibility index (Phi) is 2.94. The fraction of sp³-hybridized carbons (Fsp3) is 1.00. The Bertz CT molecular complexity index is 116. The summed E-state index contributed by atoms with van der Waals surface area (Å²) in [7, 11) is 0. The summed E-state index contributed by atoms with van der Waals surface area (Å²) in [6.07, 6.45) is 7.09. The number of hydrogen-bond acceptors (Lipinski definition) is 1. The summed E-state index contributed by atoms with van der Waals surface area (Å²) in [5, 5.41) is 9.56. The van der Waals surface area contributed by atoms with Crippen LogP contribution in [-0.4, -0.2) is 11.2 Å². The van der Waals surface area contributed by atoms with E-state index in [-0.39, 0.29) is 6.10 Å². The largest absolute Gasteiger partial charge is 0.393 e.